The van der Waals surface area contributed by atoms with Crippen molar-refractivity contribution in [3.05, 3.63) is 204 Å². The second kappa shape index (κ2) is 38.6. The Morgan fingerprint density at radius 3 is 1.69 bits per heavy atom. The number of amides is 7. The van der Waals surface area contributed by atoms with Crippen LogP contribution in [0.2, 0.25) is 18.1 Å². The van der Waals surface area contributed by atoms with E-state index in [1.54, 1.807) is 94.4 Å². The lowest BCUT2D eigenvalue weighted by molar-refractivity contribution is -0.155. The van der Waals surface area contributed by atoms with E-state index in [9.17, 15) is 19.2 Å². The predicted molar refractivity (Wildman–Crippen MR) is 432 cm³/mol. The van der Waals surface area contributed by atoms with Crippen LogP contribution >= 0.6 is 0 Å². The summed E-state index contributed by atoms with van der Waals surface area (Å²) in [7, 11) is 1.13. The molecular formula is C87H116N8O14Si. The summed E-state index contributed by atoms with van der Waals surface area (Å²) in [6.45, 7) is 37.5. The Bertz CT molecular complexity index is 4210. The van der Waals surface area contributed by atoms with Crippen molar-refractivity contribution in [1.29, 1.82) is 0 Å². The van der Waals surface area contributed by atoms with Gasteiger partial charge in [-0.25, -0.2) is 14.4 Å². The average molecular weight is 1530 g/mol. The molecule has 22 nitrogen and oxygen atoms in total. The molecule has 0 unspecified atom stereocenters. The van der Waals surface area contributed by atoms with Gasteiger partial charge in [0.2, 0.25) is 35.4 Å². The van der Waals surface area contributed by atoms with E-state index >= 15 is 24.0 Å². The van der Waals surface area contributed by atoms with Gasteiger partial charge in [-0.1, -0.05) is 208 Å². The minimum Gasteiger partial charge on any atom is -0.462 e. The third kappa shape index (κ3) is 21.7. The summed E-state index contributed by atoms with van der Waals surface area (Å²) in [6.07, 6.45) is 3.59. The summed E-state index contributed by atoms with van der Waals surface area (Å²) in [6, 6.07) is 30.5. The highest BCUT2D eigenvalue weighted by molar-refractivity contribution is 6.74. The number of esters is 2. The van der Waals surface area contributed by atoms with Crippen molar-refractivity contribution in [2.75, 3.05) is 41.0 Å². The average Bonchev–Trinajstić information content (AvgIpc) is 1.57. The zero-order chi connectivity index (χ0) is 81.3. The molecule has 6 aromatic rings. The van der Waals surface area contributed by atoms with Crippen LogP contribution in [-0.2, 0) is 62.5 Å². The molecule has 7 amide bonds. The summed E-state index contributed by atoms with van der Waals surface area (Å²) in [5.41, 5.74) is 6.14. The Hall–Kier alpha value is -9.97. The fourth-order valence-corrected chi connectivity index (χ4v) is 14.8. The number of nitrogens with zero attached hydrogens (tertiary/aromatic N) is 3. The van der Waals surface area contributed by atoms with Gasteiger partial charge in [0.1, 0.15) is 67.7 Å². The zero-order valence-electron chi connectivity index (χ0n) is 67.6. The molecule has 110 heavy (non-hydrogen) atoms. The van der Waals surface area contributed by atoms with E-state index in [4.69, 9.17) is 23.4 Å². The Kier molecular flexibility index (Phi) is 30.6. The Morgan fingerprint density at radius 1 is 0.591 bits per heavy atom. The molecule has 5 N–H and O–H groups in total. The maximum atomic E-state index is 16.9. The Labute approximate surface area is 651 Å². The van der Waals surface area contributed by atoms with E-state index in [-0.39, 0.29) is 50.1 Å². The normalized spacial score (nSPS) is 15.2. The van der Waals surface area contributed by atoms with Crippen molar-refractivity contribution in [3.63, 3.8) is 0 Å². The van der Waals surface area contributed by atoms with Crippen LogP contribution in [0.3, 0.4) is 0 Å². The second-order valence-corrected chi connectivity index (χ2v) is 36.7. The number of fused-ring (bicyclic) bond motifs is 4. The molecule has 1 aliphatic carbocycles. The number of hydrogen-bond donors (Lipinski definition) is 5. The lowest BCUT2D eigenvalue weighted by atomic mass is 9.95. The number of ether oxygens (including phenoxy) is 4. The molecule has 592 valence electrons. The van der Waals surface area contributed by atoms with Crippen LogP contribution in [0.4, 0.5) is 4.79 Å². The number of methoxy groups -OCH3 is 1. The highest BCUT2D eigenvalue weighted by Crippen LogP contribution is 2.46. The number of carbonyl (C=O) groups excluding carboxylic acids is 9. The molecule has 5 aromatic carbocycles. The topological polar surface area (TPSA) is 271 Å². The minimum atomic E-state index is -3.11. The first kappa shape index (κ1) is 87.3. The summed E-state index contributed by atoms with van der Waals surface area (Å²) < 4.78 is 33.0. The highest BCUT2D eigenvalue weighted by atomic mass is 28.4. The summed E-state index contributed by atoms with van der Waals surface area (Å²) in [5, 5.41) is 14.7. The number of nitrogens with one attached hydrogen (secondary N) is 5. The van der Waals surface area contributed by atoms with Crippen LogP contribution in [0.1, 0.15) is 161 Å². The molecule has 0 spiro atoms. The van der Waals surface area contributed by atoms with Gasteiger partial charge in [-0.05, 0) is 129 Å². The summed E-state index contributed by atoms with van der Waals surface area (Å²) in [4.78, 5) is 138. The molecule has 1 aromatic heterocycles. The third-order valence-electron chi connectivity index (χ3n) is 20.9. The van der Waals surface area contributed by atoms with E-state index in [1.807, 2.05) is 165 Å². The molecule has 1 aliphatic rings. The standard InChI is InChI=1S/C87H116N8O14Si/c1-22-46-106-84(103)70(48-54(5)6)94(18)81(100)71(55(7)8)89-80(99)73(75(105-19)59-36-26-24-27-37-59)90-77(96)58(11)88-78(97)69(49-56(9)51-107-83(102)60-38-28-25-29-39-60)93(17)82(101)74(76(109-110(20,21)86(12,13)14)66-50-95(87(15,16)23-2)68-45-35-34-44-65(66)68)91-79(98)72(57(10)47-53(3)4)92-85(104)108-52-67-63-42-32-30-40-61(63)62-41-31-33-43-64(62)67/h22-45,47,50,54-58,67,69-76H,1-2,46,48-49,51-52H2,3-21H3,(H,88,97)(H,89,99)(H,90,96)(H,91,98)(H,92,104)/t56-,57-,58+,69+,70+,71+,72+,73+,74+,75+,76-/m1/s1. The number of likely N-dealkylation sites (N-methyl/N-ethyl adjacent to an activating group) is 2. The molecule has 0 aliphatic heterocycles. The van der Waals surface area contributed by atoms with E-state index in [0.717, 1.165) is 33.3 Å². The largest absolute Gasteiger partial charge is 0.462 e. The number of allylic oxidation sites excluding steroid dienone is 2. The number of rotatable bonds is 37. The maximum absolute atomic E-state index is 16.9. The van der Waals surface area contributed by atoms with Crippen LogP contribution in [-0.4, -0.2) is 159 Å². The number of aromatic nitrogens is 1. The number of carbonyl (C=O) groups is 9. The van der Waals surface area contributed by atoms with Gasteiger partial charge in [0.25, 0.3) is 0 Å². The first-order chi connectivity index (χ1) is 51.9. The van der Waals surface area contributed by atoms with Crippen LogP contribution in [0, 0.1) is 23.7 Å². The molecule has 0 saturated carbocycles. The third-order valence-corrected chi connectivity index (χ3v) is 25.4. The predicted octanol–water partition coefficient (Wildman–Crippen LogP) is 13.5. The SMILES string of the molecule is C=CCOC(=O)[C@H](CC(C)C)N(C)C(=O)[C@@H](NC(=O)[C@@H](NC(=O)[C@H](C)NC(=O)[C@H](C[C@@H](C)COC(=O)c1ccccc1)N(C)C(=O)[C@@H](NC(=O)[C@@H](NC(=O)OCC1c2ccccc2-c2ccccc21)[C@H](C)C=C(C)C)[C@H](O[Si](C)(C)C(C)(C)C)c1cn(C(C)(C)C=C)c2ccccc12)[C@@H](OC)c1ccccc1)C(C)C. The molecule has 0 fully saturated rings. The number of benzene rings is 5. The van der Waals surface area contributed by atoms with Gasteiger partial charge in [0.05, 0.1) is 17.7 Å². The fourth-order valence-electron chi connectivity index (χ4n) is 13.6. The van der Waals surface area contributed by atoms with Gasteiger partial charge >= 0.3 is 18.0 Å². The van der Waals surface area contributed by atoms with Crippen molar-refractivity contribution in [2.45, 2.75) is 194 Å². The van der Waals surface area contributed by atoms with E-state index < -0.39 is 145 Å². The molecule has 0 saturated heterocycles. The van der Waals surface area contributed by atoms with Crippen LogP contribution in [0.15, 0.2) is 177 Å². The Morgan fingerprint density at radius 2 is 1.13 bits per heavy atom. The summed E-state index contributed by atoms with van der Waals surface area (Å²) >= 11 is 0. The monoisotopic (exact) mass is 1520 g/mol. The van der Waals surface area contributed by atoms with Gasteiger partial charge in [-0.2, -0.15) is 0 Å². The van der Waals surface area contributed by atoms with E-state index in [1.165, 1.54) is 44.0 Å². The van der Waals surface area contributed by atoms with Gasteiger partial charge in [0.15, 0.2) is 8.32 Å². The first-order valence-corrected chi connectivity index (χ1v) is 40.8. The van der Waals surface area contributed by atoms with Crippen LogP contribution in [0.25, 0.3) is 22.0 Å². The maximum Gasteiger partial charge on any atom is 0.407 e. The highest BCUT2D eigenvalue weighted by Gasteiger charge is 2.48. The van der Waals surface area contributed by atoms with E-state index in [2.05, 4.69) is 39.7 Å². The summed E-state index contributed by atoms with van der Waals surface area (Å²) in [5.74, 6) is -8.41. The number of para-hydroxylation sites is 1. The van der Waals surface area contributed by atoms with E-state index in [0.29, 0.717) is 16.5 Å². The molecule has 23 heteroatoms. The van der Waals surface area contributed by atoms with Crippen molar-refractivity contribution >= 4 is 72.7 Å². The van der Waals surface area contributed by atoms with Gasteiger partial charge in [-0.15, -0.1) is 6.58 Å². The van der Waals surface area contributed by atoms with Crippen LogP contribution < -0.4 is 26.6 Å². The van der Waals surface area contributed by atoms with Gasteiger partial charge in [-0.3, -0.25) is 28.8 Å². The van der Waals surface area contributed by atoms with Crippen molar-refractivity contribution in [2.24, 2.45) is 23.7 Å². The zero-order valence-corrected chi connectivity index (χ0v) is 68.6. The molecule has 7 rings (SSSR count). The van der Waals surface area contributed by atoms with Gasteiger partial charge < -0.3 is 64.3 Å². The first-order valence-electron chi connectivity index (χ1n) is 37.9. The number of hydrogen-bond acceptors (Lipinski definition) is 14. The van der Waals surface area contributed by atoms with Crippen molar-refractivity contribution < 1.29 is 66.5 Å². The molecule has 0 bridgehead atoms. The molecule has 11 atom stereocenters. The van der Waals surface area contributed by atoms with Gasteiger partial charge in [0, 0.05) is 55.7 Å². The fraction of sp³-hybridized carbons (Fsp3) is 0.460. The molecule has 1 heterocycles. The molecule has 0 radical (unpaired) electrons. The lowest BCUT2D eigenvalue weighted by Crippen LogP contribution is -2.62. The second-order valence-electron chi connectivity index (χ2n) is 32.0. The van der Waals surface area contributed by atoms with Crippen molar-refractivity contribution in [1.82, 2.24) is 41.0 Å². The number of alkyl carbamates (subject to hydrolysis) is 1. The quantitative estimate of drug-likeness (QED) is 0.0105. The van der Waals surface area contributed by atoms with Crippen LogP contribution in [0.5, 0.6) is 0 Å². The molecular weight excluding hydrogens is 1410 g/mol. The lowest BCUT2D eigenvalue weighted by Gasteiger charge is -2.42. The van der Waals surface area contributed by atoms with Crippen molar-refractivity contribution in [3.8, 4) is 11.1 Å². The Balaban J connectivity index is 1.33. The minimum absolute atomic E-state index is 0.0437. The smallest absolute Gasteiger partial charge is 0.407 e.